The molecular formula is C26H32N6O2. The van der Waals surface area contributed by atoms with Gasteiger partial charge in [0.1, 0.15) is 0 Å². The van der Waals surface area contributed by atoms with E-state index in [9.17, 15) is 9.90 Å². The molecule has 8 nitrogen and oxygen atoms in total. The van der Waals surface area contributed by atoms with Gasteiger partial charge in [-0.05, 0) is 65.8 Å². The van der Waals surface area contributed by atoms with Gasteiger partial charge in [0.05, 0.1) is 18.1 Å². The number of benzene rings is 2. The Morgan fingerprint density at radius 2 is 1.94 bits per heavy atom. The number of H-pyrrole nitrogens is 1. The number of fused-ring (bicyclic) bond motifs is 1. The fourth-order valence-electron chi connectivity index (χ4n) is 4.61. The Balaban J connectivity index is 1.67. The fourth-order valence-corrected chi connectivity index (χ4v) is 4.61. The normalized spacial score (nSPS) is 12.5. The van der Waals surface area contributed by atoms with E-state index in [1.165, 1.54) is 0 Å². The predicted molar refractivity (Wildman–Crippen MR) is 133 cm³/mol. The monoisotopic (exact) mass is 460 g/mol. The van der Waals surface area contributed by atoms with Crippen molar-refractivity contribution in [1.82, 2.24) is 30.1 Å². The Morgan fingerprint density at radius 3 is 2.68 bits per heavy atom. The number of tetrazole rings is 1. The lowest BCUT2D eigenvalue weighted by Crippen LogP contribution is -2.34. The summed E-state index contributed by atoms with van der Waals surface area (Å²) in [5, 5.41) is 23.1. The third kappa shape index (κ3) is 5.24. The van der Waals surface area contributed by atoms with Gasteiger partial charge in [-0.25, -0.2) is 4.68 Å². The van der Waals surface area contributed by atoms with Gasteiger partial charge < -0.3 is 10.1 Å². The van der Waals surface area contributed by atoms with Crippen LogP contribution in [0.15, 0.2) is 53.3 Å². The van der Waals surface area contributed by atoms with Gasteiger partial charge in [0.25, 0.3) is 5.56 Å². The molecule has 0 saturated heterocycles. The molecule has 178 valence electrons. The summed E-state index contributed by atoms with van der Waals surface area (Å²) in [4.78, 5) is 18.3. The van der Waals surface area contributed by atoms with Gasteiger partial charge in [-0.15, -0.1) is 5.10 Å². The highest BCUT2D eigenvalue weighted by Gasteiger charge is 2.25. The van der Waals surface area contributed by atoms with E-state index >= 15 is 0 Å². The summed E-state index contributed by atoms with van der Waals surface area (Å²) < 4.78 is 1.83. The molecule has 0 aliphatic carbocycles. The van der Waals surface area contributed by atoms with Crippen LogP contribution in [0.25, 0.3) is 10.9 Å². The number of aliphatic hydroxyl groups excluding tert-OH is 1. The lowest BCUT2D eigenvalue weighted by molar-refractivity contribution is 0.152. The minimum Gasteiger partial charge on any atom is -0.396 e. The van der Waals surface area contributed by atoms with Crippen LogP contribution >= 0.6 is 0 Å². The third-order valence-corrected chi connectivity index (χ3v) is 6.21. The zero-order valence-corrected chi connectivity index (χ0v) is 20.0. The maximum Gasteiger partial charge on any atom is 0.252 e. The van der Waals surface area contributed by atoms with Crippen LogP contribution in [0.3, 0.4) is 0 Å². The Hall–Kier alpha value is -3.36. The van der Waals surface area contributed by atoms with Gasteiger partial charge in [-0.2, -0.15) is 0 Å². The van der Waals surface area contributed by atoms with E-state index in [1.54, 1.807) is 0 Å². The molecular weight excluding hydrogens is 428 g/mol. The first-order chi connectivity index (χ1) is 16.5. The van der Waals surface area contributed by atoms with Crippen molar-refractivity contribution in [2.24, 2.45) is 0 Å². The zero-order valence-electron chi connectivity index (χ0n) is 20.0. The Bertz CT molecular complexity index is 1300. The van der Waals surface area contributed by atoms with Gasteiger partial charge in [-0.1, -0.05) is 48.9 Å². The summed E-state index contributed by atoms with van der Waals surface area (Å²) >= 11 is 0. The minimum atomic E-state index is -0.0976. The van der Waals surface area contributed by atoms with E-state index in [4.69, 9.17) is 0 Å². The number of hydrogen-bond acceptors (Lipinski definition) is 6. The van der Waals surface area contributed by atoms with E-state index in [2.05, 4.69) is 63.5 Å². The van der Waals surface area contributed by atoms with E-state index < -0.39 is 0 Å². The van der Waals surface area contributed by atoms with Crippen molar-refractivity contribution >= 4 is 10.9 Å². The van der Waals surface area contributed by atoms with Crippen LogP contribution in [0.1, 0.15) is 53.9 Å². The van der Waals surface area contributed by atoms with Crippen LogP contribution in [0.5, 0.6) is 0 Å². The first kappa shape index (κ1) is 23.8. The molecule has 0 spiro atoms. The molecule has 0 aliphatic heterocycles. The maximum atomic E-state index is 13.0. The number of aliphatic hydroxyl groups is 1. The molecule has 1 atom stereocenters. The van der Waals surface area contributed by atoms with Gasteiger partial charge in [0, 0.05) is 25.3 Å². The molecule has 0 saturated carbocycles. The molecule has 8 heteroatoms. The van der Waals surface area contributed by atoms with Crippen molar-refractivity contribution in [2.75, 3.05) is 13.2 Å². The second-order valence-corrected chi connectivity index (χ2v) is 8.82. The molecule has 34 heavy (non-hydrogen) atoms. The number of rotatable bonds is 10. The van der Waals surface area contributed by atoms with Gasteiger partial charge in [-0.3, -0.25) is 9.69 Å². The molecule has 4 rings (SSSR count). The van der Waals surface area contributed by atoms with E-state index in [0.29, 0.717) is 31.6 Å². The Kier molecular flexibility index (Phi) is 7.49. The van der Waals surface area contributed by atoms with Crippen molar-refractivity contribution in [2.45, 2.75) is 52.7 Å². The fraction of sp³-hybridized carbons (Fsp3) is 0.385. The molecule has 2 heterocycles. The highest BCUT2D eigenvalue weighted by Crippen LogP contribution is 2.25. The average Bonchev–Trinajstić information content (AvgIpc) is 3.27. The molecule has 0 bridgehead atoms. The second kappa shape index (κ2) is 10.7. The largest absolute Gasteiger partial charge is 0.396 e. The number of pyridine rings is 1. The van der Waals surface area contributed by atoms with Crippen molar-refractivity contribution in [1.29, 1.82) is 0 Å². The molecule has 2 aromatic carbocycles. The van der Waals surface area contributed by atoms with Crippen LogP contribution in [0.4, 0.5) is 0 Å². The summed E-state index contributed by atoms with van der Waals surface area (Å²) in [5.74, 6) is 0.758. The molecule has 0 aliphatic rings. The standard InChI is InChI=1S/C26H32N6O2/c1-4-23(25-28-29-30-32(25)16-20-9-6-5-7-10-20)31(11-8-12-33)17-22-15-21-14-18(2)13-19(3)24(21)27-26(22)34/h5-7,9-10,13-15,23,33H,4,8,11-12,16-17H2,1-3H3,(H,27,34). The average molecular weight is 461 g/mol. The van der Waals surface area contributed by atoms with Crippen molar-refractivity contribution in [3.8, 4) is 0 Å². The maximum absolute atomic E-state index is 13.0. The van der Waals surface area contributed by atoms with Crippen LogP contribution in [-0.2, 0) is 13.1 Å². The van der Waals surface area contributed by atoms with Crippen LogP contribution in [-0.4, -0.2) is 48.3 Å². The number of aromatic amines is 1. The highest BCUT2D eigenvalue weighted by molar-refractivity contribution is 5.82. The highest BCUT2D eigenvalue weighted by atomic mass is 16.3. The molecule has 2 aromatic heterocycles. The lowest BCUT2D eigenvalue weighted by Gasteiger charge is -2.30. The summed E-state index contributed by atoms with van der Waals surface area (Å²) in [6.45, 7) is 7.88. The number of nitrogens with zero attached hydrogens (tertiary/aromatic N) is 5. The summed E-state index contributed by atoms with van der Waals surface area (Å²) in [5.41, 5.74) is 4.81. The van der Waals surface area contributed by atoms with Crippen molar-refractivity contribution in [3.05, 3.63) is 87.0 Å². The van der Waals surface area contributed by atoms with Crippen LogP contribution in [0.2, 0.25) is 0 Å². The second-order valence-electron chi connectivity index (χ2n) is 8.82. The van der Waals surface area contributed by atoms with Crippen LogP contribution in [0, 0.1) is 13.8 Å². The predicted octanol–water partition coefficient (Wildman–Crippen LogP) is 3.52. The zero-order chi connectivity index (χ0) is 24.1. The van der Waals surface area contributed by atoms with Gasteiger partial charge in [0.2, 0.25) is 0 Å². The molecule has 0 amide bonds. The topological polar surface area (TPSA) is 99.9 Å². The SMILES string of the molecule is CCC(c1nnnn1Cc1ccccc1)N(CCCO)Cc1cc2cc(C)cc(C)c2[nH]c1=O. The quantitative estimate of drug-likeness (QED) is 0.376. The smallest absolute Gasteiger partial charge is 0.252 e. The lowest BCUT2D eigenvalue weighted by atomic mass is 10.0. The first-order valence-corrected chi connectivity index (χ1v) is 11.8. The number of aryl methyl sites for hydroxylation is 2. The van der Waals surface area contributed by atoms with Crippen molar-refractivity contribution in [3.63, 3.8) is 0 Å². The first-order valence-electron chi connectivity index (χ1n) is 11.8. The summed E-state index contributed by atoms with van der Waals surface area (Å²) in [6, 6.07) is 16.1. The summed E-state index contributed by atoms with van der Waals surface area (Å²) in [7, 11) is 0. The number of hydrogen-bond donors (Lipinski definition) is 2. The minimum absolute atomic E-state index is 0.0777. The van der Waals surface area contributed by atoms with E-state index in [-0.39, 0.29) is 18.2 Å². The van der Waals surface area contributed by atoms with E-state index in [1.807, 2.05) is 35.9 Å². The third-order valence-electron chi connectivity index (χ3n) is 6.21. The van der Waals surface area contributed by atoms with Crippen molar-refractivity contribution < 1.29 is 5.11 Å². The molecule has 0 radical (unpaired) electrons. The number of nitrogens with one attached hydrogen (secondary N) is 1. The van der Waals surface area contributed by atoms with Gasteiger partial charge in [0.15, 0.2) is 5.82 Å². The van der Waals surface area contributed by atoms with E-state index in [0.717, 1.165) is 39.8 Å². The molecule has 1 unspecified atom stereocenters. The van der Waals surface area contributed by atoms with Crippen LogP contribution < -0.4 is 5.56 Å². The molecule has 2 N–H and O–H groups in total. The molecule has 0 fully saturated rings. The molecule has 4 aromatic rings. The summed E-state index contributed by atoms with van der Waals surface area (Å²) in [6.07, 6.45) is 1.37. The Labute approximate surface area is 199 Å². The van der Waals surface area contributed by atoms with Gasteiger partial charge >= 0.3 is 0 Å². The Morgan fingerprint density at radius 1 is 1.15 bits per heavy atom. The number of aromatic nitrogens is 5.